The van der Waals surface area contributed by atoms with Crippen molar-refractivity contribution in [2.45, 2.75) is 0 Å². The summed E-state index contributed by atoms with van der Waals surface area (Å²) in [5.41, 5.74) is 0.378. The van der Waals surface area contributed by atoms with Gasteiger partial charge in [-0.15, -0.1) is 5.10 Å². The number of hydrogen-bond acceptors (Lipinski definition) is 6. The minimum absolute atomic E-state index is 0.134. The number of hydrogen-bond donors (Lipinski definition) is 1. The molecular formula is C11H13N5O3. The monoisotopic (exact) mass is 263 g/mol. The molecule has 2 aromatic rings. The normalized spacial score (nSPS) is 10.1. The highest BCUT2D eigenvalue weighted by molar-refractivity contribution is 6.03. The summed E-state index contributed by atoms with van der Waals surface area (Å²) in [6, 6.07) is 4.86. The zero-order valence-corrected chi connectivity index (χ0v) is 10.7. The lowest BCUT2D eigenvalue weighted by Gasteiger charge is -2.07. The smallest absolute Gasteiger partial charge is 0.270 e. The highest BCUT2D eigenvalue weighted by Crippen LogP contribution is 2.22. The van der Waals surface area contributed by atoms with E-state index in [1.165, 1.54) is 19.0 Å². The molecule has 8 nitrogen and oxygen atoms in total. The number of benzene rings is 1. The van der Waals surface area contributed by atoms with E-state index in [4.69, 9.17) is 9.47 Å². The largest absolute Gasteiger partial charge is 0.497 e. The van der Waals surface area contributed by atoms with E-state index in [1.807, 2.05) is 0 Å². The predicted molar refractivity (Wildman–Crippen MR) is 66.3 cm³/mol. The first-order chi connectivity index (χ1) is 9.12. The molecule has 0 atom stereocenters. The highest BCUT2D eigenvalue weighted by atomic mass is 16.5. The highest BCUT2D eigenvalue weighted by Gasteiger charge is 2.12. The molecule has 1 amide bonds. The van der Waals surface area contributed by atoms with E-state index in [0.29, 0.717) is 17.1 Å². The fourth-order valence-corrected chi connectivity index (χ4v) is 1.45. The van der Waals surface area contributed by atoms with Gasteiger partial charge in [0.15, 0.2) is 0 Å². The van der Waals surface area contributed by atoms with Crippen LogP contribution in [0.15, 0.2) is 18.2 Å². The van der Waals surface area contributed by atoms with Crippen LogP contribution < -0.4 is 14.8 Å². The molecule has 2 rings (SSSR count). The Hall–Kier alpha value is -2.64. The van der Waals surface area contributed by atoms with Crippen LogP contribution in [0, 0.1) is 0 Å². The molecule has 0 aliphatic carbocycles. The van der Waals surface area contributed by atoms with E-state index in [-0.39, 0.29) is 11.9 Å². The molecule has 8 heteroatoms. The average molecular weight is 263 g/mol. The Morgan fingerprint density at radius 2 is 1.84 bits per heavy atom. The van der Waals surface area contributed by atoms with E-state index in [2.05, 4.69) is 20.7 Å². The van der Waals surface area contributed by atoms with Gasteiger partial charge in [0.25, 0.3) is 11.9 Å². The summed E-state index contributed by atoms with van der Waals surface area (Å²) in [6.45, 7) is 0. The number of rotatable bonds is 4. The van der Waals surface area contributed by atoms with Gasteiger partial charge in [-0.1, -0.05) is 5.10 Å². The number of nitrogens with zero attached hydrogens (tertiary/aromatic N) is 4. The number of anilines is 1. The number of tetrazole rings is 1. The molecule has 1 aromatic heterocycles. The zero-order chi connectivity index (χ0) is 13.8. The summed E-state index contributed by atoms with van der Waals surface area (Å²) in [4.78, 5) is 13.3. The lowest BCUT2D eigenvalue weighted by Crippen LogP contribution is -2.13. The SMILES string of the molecule is COc1cc(OC)cc(C(=O)Nc2nnn(C)n2)c1. The van der Waals surface area contributed by atoms with Gasteiger partial charge in [-0.2, -0.15) is 4.80 Å². The van der Waals surface area contributed by atoms with E-state index in [1.54, 1.807) is 25.2 Å². The Morgan fingerprint density at radius 1 is 1.21 bits per heavy atom. The Bertz CT molecular complexity index is 574. The third-order valence-electron chi connectivity index (χ3n) is 2.35. The molecule has 1 N–H and O–H groups in total. The van der Waals surface area contributed by atoms with E-state index in [9.17, 15) is 4.79 Å². The van der Waals surface area contributed by atoms with E-state index < -0.39 is 0 Å². The Morgan fingerprint density at radius 3 is 2.32 bits per heavy atom. The maximum absolute atomic E-state index is 12.0. The second kappa shape index (κ2) is 5.34. The zero-order valence-electron chi connectivity index (χ0n) is 10.7. The molecule has 0 saturated heterocycles. The first-order valence-corrected chi connectivity index (χ1v) is 5.41. The van der Waals surface area contributed by atoms with Crippen molar-refractivity contribution in [2.24, 2.45) is 7.05 Å². The number of methoxy groups -OCH3 is 2. The van der Waals surface area contributed by atoms with Crippen LogP contribution in [0.3, 0.4) is 0 Å². The molecule has 0 aliphatic heterocycles. The molecule has 1 aromatic carbocycles. The molecule has 1 heterocycles. The quantitative estimate of drug-likeness (QED) is 0.862. The lowest BCUT2D eigenvalue weighted by molar-refractivity contribution is 0.102. The summed E-state index contributed by atoms with van der Waals surface area (Å²) in [5, 5.41) is 13.7. The maximum atomic E-state index is 12.0. The topological polar surface area (TPSA) is 91.2 Å². The molecule has 0 fully saturated rings. The van der Waals surface area contributed by atoms with Crippen LogP contribution in [0.4, 0.5) is 5.95 Å². The van der Waals surface area contributed by atoms with Gasteiger partial charge in [0.2, 0.25) is 0 Å². The molecule has 100 valence electrons. The molecule has 0 unspecified atom stereocenters. The number of aryl methyl sites for hydroxylation is 1. The van der Waals surface area contributed by atoms with Crippen LogP contribution in [0.1, 0.15) is 10.4 Å². The Labute approximate surface area is 109 Å². The number of aromatic nitrogens is 4. The van der Waals surface area contributed by atoms with Gasteiger partial charge in [-0.05, 0) is 17.3 Å². The summed E-state index contributed by atoms with van der Waals surface area (Å²) in [6.07, 6.45) is 0. The molecule has 0 spiro atoms. The van der Waals surface area contributed by atoms with Crippen molar-refractivity contribution < 1.29 is 14.3 Å². The molecule has 0 saturated carbocycles. The van der Waals surface area contributed by atoms with E-state index >= 15 is 0 Å². The minimum Gasteiger partial charge on any atom is -0.497 e. The van der Waals surface area contributed by atoms with Crippen LogP contribution in [0.5, 0.6) is 11.5 Å². The maximum Gasteiger partial charge on any atom is 0.270 e. The van der Waals surface area contributed by atoms with E-state index in [0.717, 1.165) is 0 Å². The number of ether oxygens (including phenoxy) is 2. The molecule has 0 bridgehead atoms. The Balaban J connectivity index is 2.22. The van der Waals surface area contributed by atoms with Crippen LogP contribution in [0.25, 0.3) is 0 Å². The fourth-order valence-electron chi connectivity index (χ4n) is 1.45. The van der Waals surface area contributed by atoms with Crippen molar-refractivity contribution in [3.05, 3.63) is 23.8 Å². The standard InChI is InChI=1S/C11H13N5O3/c1-16-14-11(13-15-16)12-10(17)7-4-8(18-2)6-9(5-7)19-3/h4-6H,1-3H3,(H,12,14,17). The predicted octanol–water partition coefficient (Wildman–Crippen LogP) is 0.480. The van der Waals surface area contributed by atoms with Crippen LogP contribution >= 0.6 is 0 Å². The van der Waals surface area contributed by atoms with Gasteiger partial charge in [-0.3, -0.25) is 10.1 Å². The minimum atomic E-state index is -0.370. The number of carbonyl (C=O) groups excluding carboxylic acids is 1. The Kier molecular flexibility index (Phi) is 3.60. The van der Waals surface area contributed by atoms with Gasteiger partial charge in [0.1, 0.15) is 11.5 Å². The summed E-state index contributed by atoms with van der Waals surface area (Å²) >= 11 is 0. The number of nitrogens with one attached hydrogen (secondary N) is 1. The molecule has 0 radical (unpaired) electrons. The van der Waals surface area contributed by atoms with Crippen molar-refractivity contribution in [1.29, 1.82) is 0 Å². The van der Waals surface area contributed by atoms with Crippen molar-refractivity contribution >= 4 is 11.9 Å². The summed E-state index contributed by atoms with van der Waals surface area (Å²) in [7, 11) is 4.64. The summed E-state index contributed by atoms with van der Waals surface area (Å²) < 4.78 is 10.2. The van der Waals surface area contributed by atoms with Crippen molar-refractivity contribution in [1.82, 2.24) is 20.2 Å². The third kappa shape index (κ3) is 2.97. The van der Waals surface area contributed by atoms with Crippen molar-refractivity contribution in [2.75, 3.05) is 19.5 Å². The van der Waals surface area contributed by atoms with Crippen molar-refractivity contribution in [3.63, 3.8) is 0 Å². The third-order valence-corrected chi connectivity index (χ3v) is 2.35. The molecule has 0 aliphatic rings. The fraction of sp³-hybridized carbons (Fsp3) is 0.273. The average Bonchev–Trinajstić information content (AvgIpc) is 2.83. The second-order valence-corrected chi connectivity index (χ2v) is 3.66. The van der Waals surface area contributed by atoms with Gasteiger partial charge in [0.05, 0.1) is 21.3 Å². The van der Waals surface area contributed by atoms with Gasteiger partial charge in [-0.25, -0.2) is 0 Å². The first-order valence-electron chi connectivity index (χ1n) is 5.41. The van der Waals surface area contributed by atoms with Gasteiger partial charge < -0.3 is 9.47 Å². The number of carbonyl (C=O) groups is 1. The second-order valence-electron chi connectivity index (χ2n) is 3.66. The van der Waals surface area contributed by atoms with Crippen LogP contribution in [-0.2, 0) is 7.05 Å². The summed E-state index contributed by atoms with van der Waals surface area (Å²) in [5.74, 6) is 0.813. The molecular weight excluding hydrogens is 250 g/mol. The van der Waals surface area contributed by atoms with Crippen molar-refractivity contribution in [3.8, 4) is 11.5 Å². The number of amides is 1. The first kappa shape index (κ1) is 12.8. The van der Waals surface area contributed by atoms with Gasteiger partial charge >= 0.3 is 0 Å². The van der Waals surface area contributed by atoms with Gasteiger partial charge in [0, 0.05) is 11.6 Å². The van der Waals surface area contributed by atoms with Crippen LogP contribution in [-0.4, -0.2) is 40.3 Å². The lowest BCUT2D eigenvalue weighted by atomic mass is 10.2. The molecule has 19 heavy (non-hydrogen) atoms. The van der Waals surface area contributed by atoms with Crippen LogP contribution in [0.2, 0.25) is 0 Å².